The molecule has 0 amide bonds. The first-order valence-electron chi connectivity index (χ1n) is 10.3. The summed E-state index contributed by atoms with van der Waals surface area (Å²) in [5.41, 5.74) is 3.45. The second-order valence-corrected chi connectivity index (χ2v) is 8.72. The van der Waals surface area contributed by atoms with E-state index in [4.69, 9.17) is 4.99 Å². The summed E-state index contributed by atoms with van der Waals surface area (Å²) in [6.45, 7) is 2.07. The number of benzene rings is 4. The Balaban J connectivity index is 1.81. The zero-order valence-corrected chi connectivity index (χ0v) is 18.0. The van der Waals surface area contributed by atoms with E-state index in [0.717, 1.165) is 26.8 Å². The maximum atomic E-state index is 14.3. The van der Waals surface area contributed by atoms with Crippen molar-refractivity contribution in [2.24, 2.45) is 4.99 Å². The van der Waals surface area contributed by atoms with Crippen LogP contribution in [0.4, 0.5) is 5.69 Å². The average Bonchev–Trinajstić information content (AvgIpc) is 2.82. The molecule has 0 aliphatic carbocycles. The molecule has 0 saturated carbocycles. The van der Waals surface area contributed by atoms with Crippen LogP contribution >= 0.6 is 11.8 Å². The number of fused-ring (bicyclic) bond motifs is 1. The lowest BCUT2D eigenvalue weighted by molar-refractivity contribution is 0.0949. The maximum Gasteiger partial charge on any atom is 0.186 e. The fourth-order valence-corrected chi connectivity index (χ4v) is 5.25. The zero-order chi connectivity index (χ0) is 21.3. The molecule has 0 unspecified atom stereocenters. The molecule has 31 heavy (non-hydrogen) atoms. The molecule has 150 valence electrons. The average molecular weight is 420 g/mol. The Kier molecular flexibility index (Phi) is 5.05. The Morgan fingerprint density at radius 3 is 1.84 bits per heavy atom. The van der Waals surface area contributed by atoms with Crippen molar-refractivity contribution < 1.29 is 4.79 Å². The van der Waals surface area contributed by atoms with E-state index in [2.05, 4.69) is 31.2 Å². The van der Waals surface area contributed by atoms with Gasteiger partial charge in [0.25, 0.3) is 0 Å². The van der Waals surface area contributed by atoms with Crippen LogP contribution in [0.3, 0.4) is 0 Å². The van der Waals surface area contributed by atoms with E-state index in [9.17, 15) is 4.79 Å². The number of carbonyl (C=O) groups is 1. The van der Waals surface area contributed by atoms with E-state index >= 15 is 0 Å². The predicted molar refractivity (Wildman–Crippen MR) is 129 cm³/mol. The number of carbonyl (C=O) groups excluding carboxylic acids is 1. The Morgan fingerprint density at radius 2 is 1.23 bits per heavy atom. The van der Waals surface area contributed by atoms with Crippen LogP contribution in [-0.2, 0) is 5.41 Å². The monoisotopic (exact) mass is 419 g/mol. The first-order valence-corrected chi connectivity index (χ1v) is 11.1. The Hall–Kier alpha value is -3.43. The molecule has 0 spiro atoms. The molecule has 1 aliphatic rings. The summed E-state index contributed by atoms with van der Waals surface area (Å²) in [5.74, 6) is 0.0603. The number of ketones is 1. The standard InChI is InChI=1S/C28H21NOS/c1-20-16-18-23(19-17-20)31-27-28(21-10-4-2-5-11-21,22-12-6-3-7-13-22)26(30)24-14-8-9-15-25(24)29-27/h2-19H,1H3. The van der Waals surface area contributed by atoms with Crippen LogP contribution < -0.4 is 0 Å². The molecule has 3 heteroatoms. The van der Waals surface area contributed by atoms with E-state index in [1.165, 1.54) is 5.56 Å². The van der Waals surface area contributed by atoms with Gasteiger partial charge in [0.2, 0.25) is 0 Å². The summed E-state index contributed by atoms with van der Waals surface area (Å²) >= 11 is 1.57. The summed E-state index contributed by atoms with van der Waals surface area (Å²) in [7, 11) is 0. The van der Waals surface area contributed by atoms with E-state index in [-0.39, 0.29) is 5.78 Å². The molecule has 0 fully saturated rings. The number of nitrogens with zero attached hydrogens (tertiary/aromatic N) is 1. The number of aliphatic imine (C=N–C) groups is 1. The molecular weight excluding hydrogens is 398 g/mol. The fraction of sp³-hybridized carbons (Fsp3) is 0.0714. The minimum Gasteiger partial charge on any atom is -0.292 e. The van der Waals surface area contributed by atoms with Gasteiger partial charge in [0, 0.05) is 10.5 Å². The van der Waals surface area contributed by atoms with Gasteiger partial charge in [-0.2, -0.15) is 0 Å². The van der Waals surface area contributed by atoms with Crippen molar-refractivity contribution in [3.63, 3.8) is 0 Å². The highest BCUT2D eigenvalue weighted by Gasteiger charge is 2.50. The minimum absolute atomic E-state index is 0.0603. The van der Waals surface area contributed by atoms with Gasteiger partial charge in [-0.25, -0.2) is 4.99 Å². The first-order chi connectivity index (χ1) is 15.2. The van der Waals surface area contributed by atoms with Crippen molar-refractivity contribution in [3.8, 4) is 0 Å². The predicted octanol–water partition coefficient (Wildman–Crippen LogP) is 7.00. The summed E-state index contributed by atoms with van der Waals surface area (Å²) in [4.78, 5) is 20.4. The van der Waals surface area contributed by atoms with Crippen molar-refractivity contribution in [1.82, 2.24) is 0 Å². The zero-order valence-electron chi connectivity index (χ0n) is 17.2. The van der Waals surface area contributed by atoms with E-state index in [1.54, 1.807) is 11.8 Å². The highest BCUT2D eigenvalue weighted by Crippen LogP contribution is 2.47. The number of para-hydroxylation sites is 1. The van der Waals surface area contributed by atoms with Gasteiger partial charge < -0.3 is 0 Å². The highest BCUT2D eigenvalue weighted by molar-refractivity contribution is 8.14. The number of rotatable bonds is 3. The number of hydrogen-bond acceptors (Lipinski definition) is 3. The van der Waals surface area contributed by atoms with Gasteiger partial charge in [-0.15, -0.1) is 0 Å². The second kappa shape index (κ2) is 8.01. The Morgan fingerprint density at radius 1 is 0.677 bits per heavy atom. The van der Waals surface area contributed by atoms with Gasteiger partial charge in [-0.05, 0) is 42.3 Å². The minimum atomic E-state index is -0.994. The molecule has 0 aromatic heterocycles. The lowest BCUT2D eigenvalue weighted by atomic mass is 9.68. The summed E-state index contributed by atoms with van der Waals surface area (Å²) in [6, 6.07) is 36.0. The van der Waals surface area contributed by atoms with Gasteiger partial charge in [0.05, 0.1) is 5.69 Å². The molecule has 0 radical (unpaired) electrons. The molecular formula is C28H21NOS. The topological polar surface area (TPSA) is 29.4 Å². The molecule has 5 rings (SSSR count). The van der Waals surface area contributed by atoms with Gasteiger partial charge in [0.1, 0.15) is 10.5 Å². The smallest absolute Gasteiger partial charge is 0.186 e. The van der Waals surface area contributed by atoms with E-state index in [1.807, 2.05) is 84.9 Å². The number of Topliss-reactive ketones (excluding diaryl/α,β-unsaturated/α-hetero) is 1. The molecule has 1 heterocycles. The Bertz CT molecular complexity index is 1220. The number of aryl methyl sites for hydroxylation is 1. The molecule has 4 aromatic rings. The van der Waals surface area contributed by atoms with Crippen molar-refractivity contribution in [2.75, 3.05) is 0 Å². The molecule has 0 bridgehead atoms. The third kappa shape index (κ3) is 3.31. The fourth-order valence-electron chi connectivity index (χ4n) is 4.12. The van der Waals surface area contributed by atoms with Crippen molar-refractivity contribution in [3.05, 3.63) is 131 Å². The van der Waals surface area contributed by atoms with Crippen LogP contribution in [0.15, 0.2) is 119 Å². The van der Waals surface area contributed by atoms with E-state index in [0.29, 0.717) is 5.56 Å². The van der Waals surface area contributed by atoms with Gasteiger partial charge in [-0.1, -0.05) is 102 Å². The lowest BCUT2D eigenvalue weighted by Gasteiger charge is -2.37. The van der Waals surface area contributed by atoms with Gasteiger partial charge in [-0.3, -0.25) is 4.79 Å². The highest BCUT2D eigenvalue weighted by atomic mass is 32.2. The third-order valence-electron chi connectivity index (χ3n) is 5.68. The maximum absolute atomic E-state index is 14.3. The summed E-state index contributed by atoms with van der Waals surface area (Å²) < 4.78 is 0. The van der Waals surface area contributed by atoms with Crippen LogP contribution in [0.25, 0.3) is 0 Å². The molecule has 2 nitrogen and oxygen atoms in total. The second-order valence-electron chi connectivity index (χ2n) is 7.66. The van der Waals surface area contributed by atoms with Crippen molar-refractivity contribution in [1.29, 1.82) is 0 Å². The van der Waals surface area contributed by atoms with Crippen molar-refractivity contribution in [2.45, 2.75) is 17.2 Å². The molecule has 4 aromatic carbocycles. The summed E-state index contributed by atoms with van der Waals surface area (Å²) in [6.07, 6.45) is 0. The number of thioether (sulfide) groups is 1. The van der Waals surface area contributed by atoms with Crippen LogP contribution in [0.1, 0.15) is 27.0 Å². The largest absolute Gasteiger partial charge is 0.292 e. The van der Waals surface area contributed by atoms with Crippen LogP contribution in [0.5, 0.6) is 0 Å². The van der Waals surface area contributed by atoms with Crippen LogP contribution in [0.2, 0.25) is 0 Å². The number of hydrogen-bond donors (Lipinski definition) is 0. The van der Waals surface area contributed by atoms with Crippen molar-refractivity contribution >= 4 is 28.3 Å². The third-order valence-corrected chi connectivity index (χ3v) is 6.78. The molecule has 1 aliphatic heterocycles. The SMILES string of the molecule is Cc1ccc(SC2=Nc3ccccc3C(=O)C2(c2ccccc2)c2ccccc2)cc1. The quantitative estimate of drug-likeness (QED) is 0.358. The summed E-state index contributed by atoms with van der Waals surface area (Å²) in [5, 5.41) is 0.775. The molecule has 0 saturated heterocycles. The van der Waals surface area contributed by atoms with Gasteiger partial charge >= 0.3 is 0 Å². The van der Waals surface area contributed by atoms with Gasteiger partial charge in [0.15, 0.2) is 5.78 Å². The van der Waals surface area contributed by atoms with Crippen LogP contribution in [-0.4, -0.2) is 10.8 Å². The molecule has 0 atom stereocenters. The Labute approximate surface area is 186 Å². The van der Waals surface area contributed by atoms with Crippen LogP contribution in [0, 0.1) is 6.92 Å². The normalized spacial score (nSPS) is 14.6. The first kappa shape index (κ1) is 19.5. The molecule has 0 N–H and O–H groups in total. The van der Waals surface area contributed by atoms with E-state index < -0.39 is 5.41 Å². The lowest BCUT2D eigenvalue weighted by Crippen LogP contribution is -2.45.